The lowest BCUT2D eigenvalue weighted by Gasteiger charge is -2.23. The molecule has 0 bridgehead atoms. The minimum Gasteiger partial charge on any atom is -0.366 e. The Morgan fingerprint density at radius 3 is 2.57 bits per heavy atom. The van der Waals surface area contributed by atoms with Crippen molar-refractivity contribution in [3.05, 3.63) is 36.0 Å². The van der Waals surface area contributed by atoms with Crippen molar-refractivity contribution in [3.8, 4) is 0 Å². The van der Waals surface area contributed by atoms with Gasteiger partial charge in [0, 0.05) is 11.7 Å². The number of aromatic nitrogens is 3. The molecular weight excluding hydrogens is 262 g/mol. The number of aryl methyl sites for hydroxylation is 1. The number of rotatable bonds is 4. The van der Waals surface area contributed by atoms with Crippen LogP contribution in [0, 0.1) is 6.92 Å². The zero-order valence-corrected chi connectivity index (χ0v) is 12.3. The van der Waals surface area contributed by atoms with Crippen LogP contribution < -0.4 is 10.6 Å². The Morgan fingerprint density at radius 2 is 1.81 bits per heavy atom. The molecule has 1 aromatic carbocycles. The molecular formula is C16H21N5. The van der Waals surface area contributed by atoms with Crippen LogP contribution in [0.5, 0.6) is 0 Å². The predicted molar refractivity (Wildman–Crippen MR) is 84.8 cm³/mol. The van der Waals surface area contributed by atoms with Crippen molar-refractivity contribution in [1.29, 1.82) is 0 Å². The molecule has 0 atom stereocenters. The summed E-state index contributed by atoms with van der Waals surface area (Å²) in [5.41, 5.74) is 2.20. The summed E-state index contributed by atoms with van der Waals surface area (Å²) >= 11 is 0. The Hall–Kier alpha value is -2.17. The number of anilines is 3. The zero-order valence-electron chi connectivity index (χ0n) is 12.3. The second-order valence-corrected chi connectivity index (χ2v) is 5.64. The molecule has 2 N–H and O–H groups in total. The largest absolute Gasteiger partial charge is 0.366 e. The summed E-state index contributed by atoms with van der Waals surface area (Å²) in [4.78, 5) is 4.49. The lowest BCUT2D eigenvalue weighted by molar-refractivity contribution is 0.461. The maximum atomic E-state index is 4.49. The van der Waals surface area contributed by atoms with Crippen LogP contribution in [-0.4, -0.2) is 21.2 Å². The third kappa shape index (κ3) is 3.90. The van der Waals surface area contributed by atoms with Gasteiger partial charge in [-0.3, -0.25) is 0 Å². The number of hydrogen-bond donors (Lipinski definition) is 2. The summed E-state index contributed by atoms with van der Waals surface area (Å²) in [6, 6.07) is 8.65. The highest BCUT2D eigenvalue weighted by molar-refractivity contribution is 5.54. The van der Waals surface area contributed by atoms with E-state index in [4.69, 9.17) is 0 Å². The quantitative estimate of drug-likeness (QED) is 0.896. The van der Waals surface area contributed by atoms with Crippen molar-refractivity contribution < 1.29 is 0 Å². The molecule has 0 spiro atoms. The monoisotopic (exact) mass is 283 g/mol. The van der Waals surface area contributed by atoms with Crippen molar-refractivity contribution >= 4 is 17.5 Å². The summed E-state index contributed by atoms with van der Waals surface area (Å²) in [5, 5.41) is 14.7. The van der Waals surface area contributed by atoms with Gasteiger partial charge in [-0.1, -0.05) is 37.0 Å². The van der Waals surface area contributed by atoms with E-state index in [2.05, 4.69) is 44.9 Å². The van der Waals surface area contributed by atoms with Gasteiger partial charge in [0.2, 0.25) is 5.95 Å². The second kappa shape index (κ2) is 6.52. The lowest BCUT2D eigenvalue weighted by Crippen LogP contribution is -2.23. The standard InChI is InChI=1S/C16H21N5/c1-12-7-9-14(10-8-12)19-16-20-15(11-17-21-16)18-13-5-3-2-4-6-13/h7-11,13H,2-6H2,1H3,(H2,18,19,20,21). The fraction of sp³-hybridized carbons (Fsp3) is 0.438. The molecule has 0 radical (unpaired) electrons. The Bertz CT molecular complexity index is 575. The molecule has 0 saturated heterocycles. The minimum atomic E-state index is 0.516. The molecule has 0 unspecified atom stereocenters. The molecule has 1 heterocycles. The minimum absolute atomic E-state index is 0.516. The van der Waals surface area contributed by atoms with Crippen LogP contribution in [0.2, 0.25) is 0 Å². The van der Waals surface area contributed by atoms with Gasteiger partial charge in [-0.05, 0) is 31.9 Å². The van der Waals surface area contributed by atoms with Gasteiger partial charge in [0.05, 0.1) is 6.20 Å². The third-order valence-corrected chi connectivity index (χ3v) is 3.82. The van der Waals surface area contributed by atoms with E-state index < -0.39 is 0 Å². The van der Waals surface area contributed by atoms with E-state index in [0.717, 1.165) is 11.5 Å². The van der Waals surface area contributed by atoms with Crippen LogP contribution >= 0.6 is 0 Å². The number of benzene rings is 1. The van der Waals surface area contributed by atoms with Gasteiger partial charge in [-0.2, -0.15) is 10.1 Å². The SMILES string of the molecule is Cc1ccc(Nc2nncc(NC3CCCCC3)n2)cc1. The summed E-state index contributed by atoms with van der Waals surface area (Å²) in [7, 11) is 0. The first-order valence-corrected chi connectivity index (χ1v) is 7.59. The Morgan fingerprint density at radius 1 is 1.05 bits per heavy atom. The maximum absolute atomic E-state index is 4.49. The molecule has 1 fully saturated rings. The summed E-state index contributed by atoms with van der Waals surface area (Å²) in [6.45, 7) is 2.07. The predicted octanol–water partition coefficient (Wildman–Crippen LogP) is 3.67. The normalized spacial score (nSPS) is 15.7. The van der Waals surface area contributed by atoms with Gasteiger partial charge in [0.15, 0.2) is 5.82 Å². The van der Waals surface area contributed by atoms with Crippen molar-refractivity contribution in [2.24, 2.45) is 0 Å². The van der Waals surface area contributed by atoms with Crippen LogP contribution in [0.3, 0.4) is 0 Å². The fourth-order valence-electron chi connectivity index (χ4n) is 2.65. The van der Waals surface area contributed by atoms with Crippen LogP contribution in [0.1, 0.15) is 37.7 Å². The van der Waals surface area contributed by atoms with Crippen molar-refractivity contribution in [3.63, 3.8) is 0 Å². The average molecular weight is 283 g/mol. The second-order valence-electron chi connectivity index (χ2n) is 5.64. The van der Waals surface area contributed by atoms with Crippen molar-refractivity contribution in [1.82, 2.24) is 15.2 Å². The highest BCUT2D eigenvalue weighted by Crippen LogP contribution is 2.21. The lowest BCUT2D eigenvalue weighted by atomic mass is 9.96. The fourth-order valence-corrected chi connectivity index (χ4v) is 2.65. The smallest absolute Gasteiger partial charge is 0.249 e. The molecule has 0 amide bonds. The summed E-state index contributed by atoms with van der Waals surface area (Å²) < 4.78 is 0. The van der Waals surface area contributed by atoms with Gasteiger partial charge in [0.25, 0.3) is 0 Å². The molecule has 1 saturated carbocycles. The van der Waals surface area contributed by atoms with E-state index in [1.807, 2.05) is 12.1 Å². The van der Waals surface area contributed by atoms with E-state index in [0.29, 0.717) is 12.0 Å². The third-order valence-electron chi connectivity index (χ3n) is 3.82. The average Bonchev–Trinajstić information content (AvgIpc) is 2.51. The molecule has 1 aromatic heterocycles. The van der Waals surface area contributed by atoms with Crippen molar-refractivity contribution in [2.45, 2.75) is 45.1 Å². The van der Waals surface area contributed by atoms with E-state index in [9.17, 15) is 0 Å². The van der Waals surface area contributed by atoms with Gasteiger partial charge in [-0.15, -0.1) is 5.10 Å². The molecule has 1 aliphatic carbocycles. The number of nitrogens with one attached hydrogen (secondary N) is 2. The Balaban J connectivity index is 1.66. The Kier molecular flexibility index (Phi) is 4.28. The maximum Gasteiger partial charge on any atom is 0.249 e. The van der Waals surface area contributed by atoms with Crippen molar-refractivity contribution in [2.75, 3.05) is 10.6 Å². The summed E-state index contributed by atoms with van der Waals surface area (Å²) in [5.74, 6) is 1.33. The zero-order chi connectivity index (χ0) is 14.5. The van der Waals surface area contributed by atoms with E-state index in [1.54, 1.807) is 6.20 Å². The summed E-state index contributed by atoms with van der Waals surface area (Å²) in [6.07, 6.45) is 8.06. The number of hydrogen-bond acceptors (Lipinski definition) is 5. The molecule has 1 aliphatic rings. The molecule has 2 aromatic rings. The van der Waals surface area contributed by atoms with E-state index >= 15 is 0 Å². The topological polar surface area (TPSA) is 62.7 Å². The first kappa shape index (κ1) is 13.8. The molecule has 5 nitrogen and oxygen atoms in total. The van der Waals surface area contributed by atoms with Gasteiger partial charge >= 0.3 is 0 Å². The first-order chi connectivity index (χ1) is 10.3. The van der Waals surface area contributed by atoms with Crippen LogP contribution in [-0.2, 0) is 0 Å². The molecule has 21 heavy (non-hydrogen) atoms. The highest BCUT2D eigenvalue weighted by Gasteiger charge is 2.13. The van der Waals surface area contributed by atoms with E-state index in [1.165, 1.54) is 37.7 Å². The van der Waals surface area contributed by atoms with Crippen LogP contribution in [0.25, 0.3) is 0 Å². The molecule has 110 valence electrons. The molecule has 3 rings (SSSR count). The Labute approximate surface area is 125 Å². The van der Waals surface area contributed by atoms with Gasteiger partial charge in [0.1, 0.15) is 0 Å². The van der Waals surface area contributed by atoms with E-state index in [-0.39, 0.29) is 0 Å². The van der Waals surface area contributed by atoms with Crippen LogP contribution in [0.15, 0.2) is 30.5 Å². The molecule has 5 heteroatoms. The number of nitrogens with zero attached hydrogens (tertiary/aromatic N) is 3. The first-order valence-electron chi connectivity index (χ1n) is 7.59. The highest BCUT2D eigenvalue weighted by atomic mass is 15.3. The van der Waals surface area contributed by atoms with Gasteiger partial charge in [-0.25, -0.2) is 0 Å². The van der Waals surface area contributed by atoms with Crippen LogP contribution in [0.4, 0.5) is 17.5 Å². The van der Waals surface area contributed by atoms with Gasteiger partial charge < -0.3 is 10.6 Å². The molecule has 0 aliphatic heterocycles.